The molecule has 0 radical (unpaired) electrons. The van der Waals surface area contributed by atoms with Crippen LogP contribution in [0, 0.1) is 6.92 Å². The van der Waals surface area contributed by atoms with Crippen LogP contribution in [0.1, 0.15) is 15.9 Å². The van der Waals surface area contributed by atoms with Gasteiger partial charge >= 0.3 is 0 Å². The fourth-order valence-electron chi connectivity index (χ4n) is 1.81. The summed E-state index contributed by atoms with van der Waals surface area (Å²) in [6.07, 6.45) is 3.31. The lowest BCUT2D eigenvalue weighted by Crippen LogP contribution is -2.26. The van der Waals surface area contributed by atoms with Crippen molar-refractivity contribution in [2.45, 2.75) is 6.92 Å². The van der Waals surface area contributed by atoms with Crippen LogP contribution in [-0.4, -0.2) is 17.9 Å². The summed E-state index contributed by atoms with van der Waals surface area (Å²) in [6, 6.07) is 8.93. The third-order valence-electron chi connectivity index (χ3n) is 2.70. The Morgan fingerprint density at radius 1 is 1.22 bits per heavy atom. The highest BCUT2D eigenvalue weighted by atomic mass is 16.2. The van der Waals surface area contributed by atoms with Crippen molar-refractivity contribution in [3.8, 4) is 0 Å². The molecule has 0 atom stereocenters. The highest BCUT2D eigenvalue weighted by Gasteiger charge is 2.13. The first kappa shape index (κ1) is 12.1. The van der Waals surface area contributed by atoms with Gasteiger partial charge < -0.3 is 10.6 Å². The molecule has 4 nitrogen and oxygen atoms in total. The molecule has 0 aliphatic heterocycles. The molecule has 0 unspecified atom stereocenters. The van der Waals surface area contributed by atoms with Crippen molar-refractivity contribution in [2.75, 3.05) is 17.7 Å². The maximum Gasteiger partial charge on any atom is 0.258 e. The lowest BCUT2D eigenvalue weighted by molar-refractivity contribution is 0.0993. The largest absolute Gasteiger partial charge is 0.399 e. The molecular formula is C14H15N3O. The Morgan fingerprint density at radius 3 is 2.50 bits per heavy atom. The first-order valence-corrected chi connectivity index (χ1v) is 5.63. The van der Waals surface area contributed by atoms with E-state index in [-0.39, 0.29) is 5.91 Å². The van der Waals surface area contributed by atoms with Crippen molar-refractivity contribution < 1.29 is 4.79 Å². The molecule has 2 N–H and O–H groups in total. The zero-order valence-electron chi connectivity index (χ0n) is 10.4. The number of benzene rings is 1. The van der Waals surface area contributed by atoms with Gasteiger partial charge in [0.2, 0.25) is 0 Å². The van der Waals surface area contributed by atoms with Crippen LogP contribution in [0.4, 0.5) is 11.4 Å². The number of carbonyl (C=O) groups is 1. The highest BCUT2D eigenvalue weighted by molar-refractivity contribution is 6.06. The van der Waals surface area contributed by atoms with Crippen molar-refractivity contribution in [2.24, 2.45) is 0 Å². The van der Waals surface area contributed by atoms with Gasteiger partial charge in [-0.05, 0) is 42.8 Å². The number of hydrogen-bond donors (Lipinski definition) is 1. The van der Waals surface area contributed by atoms with Gasteiger partial charge in [0, 0.05) is 36.4 Å². The zero-order chi connectivity index (χ0) is 13.1. The average Bonchev–Trinajstić information content (AvgIpc) is 2.37. The number of nitrogens with zero attached hydrogens (tertiary/aromatic N) is 2. The predicted octanol–water partition coefficient (Wildman–Crippen LogP) is 2.25. The molecule has 0 aliphatic rings. The normalized spacial score (nSPS) is 10.1. The van der Waals surface area contributed by atoms with Crippen LogP contribution in [0.2, 0.25) is 0 Å². The number of pyridine rings is 1. The van der Waals surface area contributed by atoms with Crippen LogP contribution < -0.4 is 10.6 Å². The summed E-state index contributed by atoms with van der Waals surface area (Å²) < 4.78 is 0. The second kappa shape index (κ2) is 4.87. The fraction of sp³-hybridized carbons (Fsp3) is 0.143. The maximum absolute atomic E-state index is 12.3. The summed E-state index contributed by atoms with van der Waals surface area (Å²) in [5, 5.41) is 0. The van der Waals surface area contributed by atoms with Crippen molar-refractivity contribution in [1.29, 1.82) is 0 Å². The number of nitrogen functional groups attached to an aromatic ring is 1. The molecule has 0 aliphatic carbocycles. The van der Waals surface area contributed by atoms with Gasteiger partial charge in [-0.15, -0.1) is 0 Å². The molecule has 0 fully saturated rings. The zero-order valence-corrected chi connectivity index (χ0v) is 10.4. The topological polar surface area (TPSA) is 59.2 Å². The van der Waals surface area contributed by atoms with Gasteiger partial charge in [0.15, 0.2) is 0 Å². The summed E-state index contributed by atoms with van der Waals surface area (Å²) in [5.74, 6) is -0.0865. The monoisotopic (exact) mass is 241 g/mol. The summed E-state index contributed by atoms with van der Waals surface area (Å²) in [7, 11) is 1.73. The van der Waals surface area contributed by atoms with Crippen LogP contribution in [0.5, 0.6) is 0 Å². The van der Waals surface area contributed by atoms with E-state index in [1.54, 1.807) is 42.5 Å². The summed E-state index contributed by atoms with van der Waals surface area (Å²) in [6.45, 7) is 1.92. The lowest BCUT2D eigenvalue weighted by atomic mass is 10.1. The average molecular weight is 241 g/mol. The van der Waals surface area contributed by atoms with Gasteiger partial charge in [0.1, 0.15) is 0 Å². The Bertz CT molecular complexity index is 546. The SMILES string of the molecule is Cc1cc(N)cc(C(=O)N(C)c2ccncc2)c1. The minimum Gasteiger partial charge on any atom is -0.399 e. The molecule has 0 saturated heterocycles. The number of aromatic nitrogens is 1. The van der Waals surface area contributed by atoms with E-state index in [9.17, 15) is 4.79 Å². The number of hydrogen-bond acceptors (Lipinski definition) is 3. The van der Waals surface area contributed by atoms with E-state index in [0.717, 1.165) is 11.3 Å². The quantitative estimate of drug-likeness (QED) is 0.820. The number of anilines is 2. The van der Waals surface area contributed by atoms with E-state index in [1.807, 2.05) is 19.1 Å². The van der Waals surface area contributed by atoms with E-state index in [2.05, 4.69) is 4.98 Å². The second-order valence-corrected chi connectivity index (χ2v) is 4.20. The molecule has 1 aromatic heterocycles. The number of rotatable bonds is 2. The van der Waals surface area contributed by atoms with Crippen LogP contribution >= 0.6 is 0 Å². The Hall–Kier alpha value is -2.36. The first-order chi connectivity index (χ1) is 8.58. The Morgan fingerprint density at radius 2 is 1.89 bits per heavy atom. The molecular weight excluding hydrogens is 226 g/mol. The van der Waals surface area contributed by atoms with Crippen molar-refractivity contribution in [3.63, 3.8) is 0 Å². The van der Waals surface area contributed by atoms with Gasteiger partial charge in [-0.25, -0.2) is 0 Å². The number of aryl methyl sites for hydroxylation is 1. The van der Waals surface area contributed by atoms with Crippen LogP contribution in [0.3, 0.4) is 0 Å². The summed E-state index contributed by atoms with van der Waals surface area (Å²) in [5.41, 5.74) is 8.72. The third-order valence-corrected chi connectivity index (χ3v) is 2.70. The minimum absolute atomic E-state index is 0.0865. The maximum atomic E-state index is 12.3. The molecule has 2 rings (SSSR count). The van der Waals surface area contributed by atoms with Crippen molar-refractivity contribution in [3.05, 3.63) is 53.9 Å². The van der Waals surface area contributed by atoms with E-state index < -0.39 is 0 Å². The summed E-state index contributed by atoms with van der Waals surface area (Å²) in [4.78, 5) is 17.8. The van der Waals surface area contributed by atoms with Crippen LogP contribution in [0.25, 0.3) is 0 Å². The standard InChI is InChI=1S/C14H15N3O/c1-10-7-11(9-12(15)8-10)14(18)17(2)13-3-5-16-6-4-13/h3-9H,15H2,1-2H3. The fourth-order valence-corrected chi connectivity index (χ4v) is 1.81. The van der Waals surface area contributed by atoms with Gasteiger partial charge in [-0.1, -0.05) is 0 Å². The van der Waals surface area contributed by atoms with Gasteiger partial charge in [0.05, 0.1) is 0 Å². The molecule has 0 bridgehead atoms. The Balaban J connectivity index is 2.31. The number of amides is 1. The lowest BCUT2D eigenvalue weighted by Gasteiger charge is -2.17. The molecule has 0 saturated carbocycles. The van der Waals surface area contributed by atoms with E-state index in [1.165, 1.54) is 0 Å². The number of nitrogens with two attached hydrogens (primary N) is 1. The molecule has 18 heavy (non-hydrogen) atoms. The molecule has 2 aromatic rings. The molecule has 0 spiro atoms. The van der Waals surface area contributed by atoms with Crippen LogP contribution in [0.15, 0.2) is 42.7 Å². The smallest absolute Gasteiger partial charge is 0.258 e. The molecule has 1 aromatic carbocycles. The first-order valence-electron chi connectivity index (χ1n) is 5.63. The van der Waals surface area contributed by atoms with E-state index in [4.69, 9.17) is 5.73 Å². The van der Waals surface area contributed by atoms with Gasteiger partial charge in [0.25, 0.3) is 5.91 Å². The van der Waals surface area contributed by atoms with Gasteiger partial charge in [-0.3, -0.25) is 9.78 Å². The van der Waals surface area contributed by atoms with Gasteiger partial charge in [-0.2, -0.15) is 0 Å². The van der Waals surface area contributed by atoms with E-state index in [0.29, 0.717) is 11.3 Å². The second-order valence-electron chi connectivity index (χ2n) is 4.20. The molecule has 92 valence electrons. The minimum atomic E-state index is -0.0865. The number of carbonyl (C=O) groups excluding carboxylic acids is 1. The predicted molar refractivity (Wildman–Crippen MR) is 72.6 cm³/mol. The van der Waals surface area contributed by atoms with Crippen molar-refractivity contribution in [1.82, 2.24) is 4.98 Å². The molecule has 4 heteroatoms. The Labute approximate surface area is 106 Å². The van der Waals surface area contributed by atoms with E-state index >= 15 is 0 Å². The Kier molecular flexibility index (Phi) is 3.28. The summed E-state index contributed by atoms with van der Waals surface area (Å²) >= 11 is 0. The highest BCUT2D eigenvalue weighted by Crippen LogP contribution is 2.17. The molecule has 1 heterocycles. The van der Waals surface area contributed by atoms with Crippen molar-refractivity contribution >= 4 is 17.3 Å². The third kappa shape index (κ3) is 2.48. The molecule has 1 amide bonds. The van der Waals surface area contributed by atoms with Crippen LogP contribution in [-0.2, 0) is 0 Å².